The van der Waals surface area contributed by atoms with Crippen molar-refractivity contribution in [1.29, 1.82) is 0 Å². The lowest BCUT2D eigenvalue weighted by atomic mass is 9.98. The van der Waals surface area contributed by atoms with Crippen molar-refractivity contribution in [3.05, 3.63) is 54.1 Å². The lowest BCUT2D eigenvalue weighted by Gasteiger charge is -2.18. The Hall–Kier alpha value is -2.05. The van der Waals surface area contributed by atoms with Crippen molar-refractivity contribution in [3.8, 4) is 0 Å². The summed E-state index contributed by atoms with van der Waals surface area (Å²) in [6, 6.07) is 15.1. The minimum atomic E-state index is -3.58. The predicted molar refractivity (Wildman–Crippen MR) is 119 cm³/mol. The Labute approximate surface area is 174 Å². The highest BCUT2D eigenvalue weighted by molar-refractivity contribution is 7.92. The molecule has 0 aliphatic carbocycles. The fourth-order valence-electron chi connectivity index (χ4n) is 4.47. The average Bonchev–Trinajstić information content (AvgIpc) is 3.41. The van der Waals surface area contributed by atoms with E-state index in [1.165, 1.54) is 31.2 Å². The van der Waals surface area contributed by atoms with Gasteiger partial charge in [0.15, 0.2) is 0 Å². The van der Waals surface area contributed by atoms with Gasteiger partial charge >= 0.3 is 0 Å². The Morgan fingerprint density at radius 1 is 0.966 bits per heavy atom. The predicted octanol–water partition coefficient (Wildman–Crippen LogP) is 4.29. The lowest BCUT2D eigenvalue weighted by Crippen LogP contribution is -2.20. The maximum atomic E-state index is 12.8. The number of hydrogen-bond acceptors (Lipinski definition) is 4. The van der Waals surface area contributed by atoms with Crippen LogP contribution in [0.2, 0.25) is 0 Å². The van der Waals surface area contributed by atoms with Gasteiger partial charge in [-0.2, -0.15) is 0 Å². The third-order valence-corrected chi connectivity index (χ3v) is 7.46. The number of benzene rings is 2. The Morgan fingerprint density at radius 2 is 1.66 bits per heavy atom. The van der Waals surface area contributed by atoms with Crippen molar-refractivity contribution < 1.29 is 8.42 Å². The molecule has 6 heteroatoms. The van der Waals surface area contributed by atoms with Gasteiger partial charge in [-0.05, 0) is 86.7 Å². The zero-order valence-corrected chi connectivity index (χ0v) is 18.0. The van der Waals surface area contributed by atoms with E-state index < -0.39 is 10.0 Å². The van der Waals surface area contributed by atoms with Crippen LogP contribution in [-0.4, -0.2) is 46.0 Å². The Bertz CT molecular complexity index is 904. The molecule has 2 heterocycles. The highest BCUT2D eigenvalue weighted by Gasteiger charge is 2.23. The zero-order chi connectivity index (χ0) is 20.3. The summed E-state index contributed by atoms with van der Waals surface area (Å²) >= 11 is 0. The van der Waals surface area contributed by atoms with Crippen molar-refractivity contribution in [2.45, 2.75) is 43.4 Å². The summed E-state index contributed by atoms with van der Waals surface area (Å²) in [5, 5.41) is 0. The van der Waals surface area contributed by atoms with Crippen LogP contribution in [0.25, 0.3) is 0 Å². The quantitative estimate of drug-likeness (QED) is 0.736. The largest absolute Gasteiger partial charge is 0.372 e. The maximum Gasteiger partial charge on any atom is 0.261 e. The number of likely N-dealkylation sites (tertiary alicyclic amines) is 1. The molecular weight excluding hydrogens is 382 g/mol. The first kappa shape index (κ1) is 20.2. The Kier molecular flexibility index (Phi) is 6.11. The van der Waals surface area contributed by atoms with Crippen LogP contribution in [0.15, 0.2) is 53.4 Å². The van der Waals surface area contributed by atoms with Crippen LogP contribution in [0.5, 0.6) is 0 Å². The van der Waals surface area contributed by atoms with Gasteiger partial charge < -0.3 is 9.80 Å². The summed E-state index contributed by atoms with van der Waals surface area (Å²) in [5.41, 5.74) is 3.00. The topological polar surface area (TPSA) is 52.7 Å². The van der Waals surface area contributed by atoms with Crippen molar-refractivity contribution >= 4 is 21.4 Å². The van der Waals surface area contributed by atoms with Gasteiger partial charge in [-0.25, -0.2) is 8.42 Å². The second-order valence-electron chi connectivity index (χ2n) is 8.20. The Morgan fingerprint density at radius 3 is 2.31 bits per heavy atom. The smallest absolute Gasteiger partial charge is 0.261 e. The standard InChI is InChI=1S/C23H31N3O2S/c1-2-14-25-17-13-20(18-25)19-5-7-21(8-6-19)24-29(27,28)23-11-9-22(10-12-23)26-15-3-4-16-26/h5-12,20,24H,2-4,13-18H2,1H3. The van der Waals surface area contributed by atoms with Gasteiger partial charge in [0, 0.05) is 31.0 Å². The van der Waals surface area contributed by atoms with E-state index in [0.29, 0.717) is 16.5 Å². The van der Waals surface area contributed by atoms with E-state index in [1.54, 1.807) is 12.1 Å². The second-order valence-corrected chi connectivity index (χ2v) is 9.88. The summed E-state index contributed by atoms with van der Waals surface area (Å²) < 4.78 is 28.2. The molecule has 2 saturated heterocycles. The van der Waals surface area contributed by atoms with Gasteiger partial charge in [0.25, 0.3) is 10.0 Å². The molecule has 0 bridgehead atoms. The second kappa shape index (κ2) is 8.76. The van der Waals surface area contributed by atoms with E-state index in [1.807, 2.05) is 24.3 Å². The fourth-order valence-corrected chi connectivity index (χ4v) is 5.53. The molecule has 0 aromatic heterocycles. The van der Waals surface area contributed by atoms with Gasteiger partial charge in [0.1, 0.15) is 0 Å². The molecule has 1 atom stereocenters. The number of anilines is 2. The summed E-state index contributed by atoms with van der Waals surface area (Å²) in [5.74, 6) is 0.547. The molecule has 2 aliphatic heterocycles. The highest BCUT2D eigenvalue weighted by Crippen LogP contribution is 2.29. The number of sulfonamides is 1. The van der Waals surface area contributed by atoms with E-state index >= 15 is 0 Å². The van der Waals surface area contributed by atoms with Crippen LogP contribution in [0.3, 0.4) is 0 Å². The molecule has 2 aliphatic rings. The lowest BCUT2D eigenvalue weighted by molar-refractivity contribution is 0.335. The maximum absolute atomic E-state index is 12.8. The van der Waals surface area contributed by atoms with Gasteiger partial charge in [-0.1, -0.05) is 19.1 Å². The molecule has 5 nitrogen and oxygen atoms in total. The summed E-state index contributed by atoms with van der Waals surface area (Å²) in [6.07, 6.45) is 4.77. The van der Waals surface area contributed by atoms with Gasteiger partial charge in [-0.15, -0.1) is 0 Å². The molecular formula is C23H31N3O2S. The van der Waals surface area contributed by atoms with Crippen LogP contribution < -0.4 is 9.62 Å². The van der Waals surface area contributed by atoms with E-state index in [2.05, 4.69) is 33.6 Å². The van der Waals surface area contributed by atoms with Crippen molar-refractivity contribution in [2.75, 3.05) is 42.3 Å². The van der Waals surface area contributed by atoms with Crippen molar-refractivity contribution in [1.82, 2.24) is 4.90 Å². The minimum absolute atomic E-state index is 0.301. The highest BCUT2D eigenvalue weighted by atomic mass is 32.2. The third kappa shape index (κ3) is 4.75. The molecule has 156 valence electrons. The average molecular weight is 414 g/mol. The van der Waals surface area contributed by atoms with Gasteiger partial charge in [-0.3, -0.25) is 4.72 Å². The molecule has 29 heavy (non-hydrogen) atoms. The number of hydrogen-bond donors (Lipinski definition) is 1. The summed E-state index contributed by atoms with van der Waals surface area (Å²) in [4.78, 5) is 5.11. The fraction of sp³-hybridized carbons (Fsp3) is 0.478. The molecule has 1 N–H and O–H groups in total. The molecule has 1 unspecified atom stereocenters. The van der Waals surface area contributed by atoms with Crippen LogP contribution in [0.4, 0.5) is 11.4 Å². The van der Waals surface area contributed by atoms with Crippen LogP contribution >= 0.6 is 0 Å². The van der Waals surface area contributed by atoms with E-state index in [9.17, 15) is 8.42 Å². The zero-order valence-electron chi connectivity index (χ0n) is 17.2. The third-order valence-electron chi connectivity index (χ3n) is 6.06. The molecule has 0 radical (unpaired) electrons. The van der Waals surface area contributed by atoms with Crippen LogP contribution in [0.1, 0.15) is 44.1 Å². The monoisotopic (exact) mass is 413 g/mol. The van der Waals surface area contributed by atoms with Gasteiger partial charge in [0.05, 0.1) is 4.90 Å². The van der Waals surface area contributed by atoms with Crippen LogP contribution in [-0.2, 0) is 10.0 Å². The van der Waals surface area contributed by atoms with Crippen LogP contribution in [0, 0.1) is 0 Å². The molecule has 4 rings (SSSR count). The van der Waals surface area contributed by atoms with E-state index in [4.69, 9.17) is 0 Å². The van der Waals surface area contributed by atoms with E-state index in [-0.39, 0.29) is 0 Å². The molecule has 0 amide bonds. The Balaban J connectivity index is 1.40. The SMILES string of the molecule is CCCN1CCC(c2ccc(NS(=O)(=O)c3ccc(N4CCCC4)cc3)cc2)C1. The molecule has 0 spiro atoms. The minimum Gasteiger partial charge on any atom is -0.372 e. The number of nitrogens with zero attached hydrogens (tertiary/aromatic N) is 2. The first-order chi connectivity index (χ1) is 14.0. The molecule has 2 aromatic carbocycles. The summed E-state index contributed by atoms with van der Waals surface area (Å²) in [7, 11) is -3.58. The molecule has 2 fully saturated rings. The molecule has 2 aromatic rings. The number of rotatable bonds is 7. The number of nitrogens with one attached hydrogen (secondary N) is 1. The molecule has 0 saturated carbocycles. The summed E-state index contributed by atoms with van der Waals surface area (Å²) in [6.45, 7) is 7.73. The van der Waals surface area contributed by atoms with E-state index in [0.717, 1.165) is 38.4 Å². The van der Waals surface area contributed by atoms with Gasteiger partial charge in [0.2, 0.25) is 0 Å². The van der Waals surface area contributed by atoms with Crippen molar-refractivity contribution in [3.63, 3.8) is 0 Å². The van der Waals surface area contributed by atoms with Crippen molar-refractivity contribution in [2.24, 2.45) is 0 Å². The normalized spacial score (nSPS) is 20.3. The first-order valence-electron chi connectivity index (χ1n) is 10.8. The first-order valence-corrected chi connectivity index (χ1v) is 12.2.